The molecule has 3 heteroatoms. The number of hydrogen-bond donors (Lipinski definition) is 0. The van der Waals surface area contributed by atoms with Crippen LogP contribution in [0.1, 0.15) is 103 Å². The molecule has 0 amide bonds. The van der Waals surface area contributed by atoms with Crippen molar-refractivity contribution in [2.45, 2.75) is 91.9 Å². The maximum absolute atomic E-state index is 6.61. The van der Waals surface area contributed by atoms with Crippen LogP contribution in [-0.4, -0.2) is 13.2 Å². The van der Waals surface area contributed by atoms with Crippen LogP contribution in [0.25, 0.3) is 16.2 Å². The largest absolute Gasteiger partial charge is 0.492 e. The third kappa shape index (κ3) is 5.66. The van der Waals surface area contributed by atoms with Crippen molar-refractivity contribution >= 4 is 27.5 Å². The molecule has 3 rings (SSSR count). The molecule has 0 saturated carbocycles. The van der Waals surface area contributed by atoms with Crippen LogP contribution in [-0.2, 0) is 0 Å². The Balaban J connectivity index is 1.88. The first-order valence-electron chi connectivity index (χ1n) is 12.6. The molecule has 0 N–H and O–H groups in total. The second-order valence-corrected chi connectivity index (χ2v) is 10.2. The Morgan fingerprint density at radius 1 is 0.903 bits per heavy atom. The fourth-order valence-electron chi connectivity index (χ4n) is 4.63. The second-order valence-electron chi connectivity index (χ2n) is 9.25. The van der Waals surface area contributed by atoms with Gasteiger partial charge in [0, 0.05) is 22.4 Å². The van der Waals surface area contributed by atoms with Gasteiger partial charge in [0.2, 0.25) is 0 Å². The summed E-state index contributed by atoms with van der Waals surface area (Å²) in [6.07, 6.45) is 14.5. The van der Waals surface area contributed by atoms with Crippen LogP contribution in [0.4, 0.5) is 0 Å². The van der Waals surface area contributed by atoms with Gasteiger partial charge in [0.05, 0.1) is 17.9 Å². The number of unbranched alkanes of at least 4 members (excludes halogenated alkanes) is 2. The van der Waals surface area contributed by atoms with E-state index in [4.69, 9.17) is 9.47 Å². The molecule has 0 radical (unpaired) electrons. The standard InChI is InChI=1S/C28H42O2S/c1-6-10-12-21(8-3)18-29-26-24-16-17-31-28(24)27(23-15-14-20(5)25(23)26)30-19-22(9-4)13-11-7-2/h14-17,20-22H,6-13,18-19H2,1-5H3. The Morgan fingerprint density at radius 2 is 1.52 bits per heavy atom. The zero-order chi connectivity index (χ0) is 22.2. The summed E-state index contributed by atoms with van der Waals surface area (Å²) in [5.41, 5.74) is 2.58. The third-order valence-corrected chi connectivity index (χ3v) is 7.83. The van der Waals surface area contributed by atoms with Crippen molar-refractivity contribution in [3.05, 3.63) is 28.6 Å². The Labute approximate surface area is 194 Å². The van der Waals surface area contributed by atoms with E-state index in [1.165, 1.54) is 72.6 Å². The summed E-state index contributed by atoms with van der Waals surface area (Å²) in [4.78, 5) is 0. The molecule has 172 valence electrons. The molecule has 1 aromatic heterocycles. The van der Waals surface area contributed by atoms with Crippen molar-refractivity contribution in [3.8, 4) is 11.5 Å². The number of allylic oxidation sites excluding steroid dienone is 1. The second kappa shape index (κ2) is 11.9. The summed E-state index contributed by atoms with van der Waals surface area (Å²) < 4.78 is 14.4. The minimum atomic E-state index is 0.370. The van der Waals surface area contributed by atoms with Crippen LogP contribution in [0.2, 0.25) is 0 Å². The van der Waals surface area contributed by atoms with Crippen molar-refractivity contribution in [2.24, 2.45) is 11.8 Å². The fourth-order valence-corrected chi connectivity index (χ4v) is 5.53. The van der Waals surface area contributed by atoms with E-state index in [0.29, 0.717) is 17.8 Å². The molecular weight excluding hydrogens is 400 g/mol. The van der Waals surface area contributed by atoms with Gasteiger partial charge >= 0.3 is 0 Å². The summed E-state index contributed by atoms with van der Waals surface area (Å²) in [5, 5.41) is 3.43. The van der Waals surface area contributed by atoms with Crippen LogP contribution in [0.15, 0.2) is 17.5 Å². The van der Waals surface area contributed by atoms with Gasteiger partial charge in [-0.2, -0.15) is 0 Å². The summed E-state index contributed by atoms with van der Waals surface area (Å²) in [6.45, 7) is 13.0. The molecule has 0 fully saturated rings. The number of fused-ring (bicyclic) bond motifs is 2. The predicted octanol–water partition coefficient (Wildman–Crippen LogP) is 9.22. The molecule has 0 saturated heterocycles. The molecule has 2 aromatic rings. The van der Waals surface area contributed by atoms with Gasteiger partial charge in [0.25, 0.3) is 0 Å². The van der Waals surface area contributed by atoms with Gasteiger partial charge < -0.3 is 9.47 Å². The molecule has 1 aliphatic rings. The van der Waals surface area contributed by atoms with E-state index >= 15 is 0 Å². The molecular formula is C28H42O2S. The molecule has 3 unspecified atom stereocenters. The summed E-state index contributed by atoms with van der Waals surface area (Å²) in [5.74, 6) is 3.82. The Bertz CT molecular complexity index is 850. The third-order valence-electron chi connectivity index (χ3n) is 6.92. The summed E-state index contributed by atoms with van der Waals surface area (Å²) >= 11 is 1.79. The van der Waals surface area contributed by atoms with E-state index in [1.54, 1.807) is 11.3 Å². The molecule has 0 bridgehead atoms. The molecule has 0 aliphatic heterocycles. The van der Waals surface area contributed by atoms with E-state index in [-0.39, 0.29) is 0 Å². The Morgan fingerprint density at radius 3 is 2.10 bits per heavy atom. The fraction of sp³-hybridized carbons (Fsp3) is 0.643. The van der Waals surface area contributed by atoms with E-state index < -0.39 is 0 Å². The number of benzene rings is 1. The van der Waals surface area contributed by atoms with Crippen molar-refractivity contribution in [3.63, 3.8) is 0 Å². The zero-order valence-electron chi connectivity index (χ0n) is 20.3. The van der Waals surface area contributed by atoms with Crippen LogP contribution in [0, 0.1) is 11.8 Å². The van der Waals surface area contributed by atoms with E-state index in [9.17, 15) is 0 Å². The topological polar surface area (TPSA) is 18.5 Å². The smallest absolute Gasteiger partial charge is 0.144 e. The van der Waals surface area contributed by atoms with Gasteiger partial charge in [-0.05, 0) is 36.1 Å². The average Bonchev–Trinajstić information content (AvgIpc) is 3.42. The quantitative estimate of drug-likeness (QED) is 0.290. The zero-order valence-corrected chi connectivity index (χ0v) is 21.2. The van der Waals surface area contributed by atoms with Crippen molar-refractivity contribution in [1.82, 2.24) is 0 Å². The molecule has 0 spiro atoms. The first-order chi connectivity index (χ1) is 15.1. The Hall–Kier alpha value is -1.48. The van der Waals surface area contributed by atoms with E-state index in [0.717, 1.165) is 24.7 Å². The first-order valence-corrected chi connectivity index (χ1v) is 13.5. The lowest BCUT2D eigenvalue weighted by molar-refractivity contribution is 0.229. The van der Waals surface area contributed by atoms with Crippen LogP contribution in [0.5, 0.6) is 11.5 Å². The number of hydrogen-bond acceptors (Lipinski definition) is 3. The highest BCUT2D eigenvalue weighted by molar-refractivity contribution is 7.17. The molecule has 1 aromatic carbocycles. The molecule has 3 atom stereocenters. The van der Waals surface area contributed by atoms with Crippen molar-refractivity contribution < 1.29 is 9.47 Å². The lowest BCUT2D eigenvalue weighted by Crippen LogP contribution is -2.14. The van der Waals surface area contributed by atoms with Gasteiger partial charge in [-0.25, -0.2) is 0 Å². The van der Waals surface area contributed by atoms with Crippen molar-refractivity contribution in [1.29, 1.82) is 0 Å². The van der Waals surface area contributed by atoms with Gasteiger partial charge in [0.1, 0.15) is 11.5 Å². The Kier molecular flexibility index (Phi) is 9.31. The highest BCUT2D eigenvalue weighted by atomic mass is 32.1. The SMILES string of the molecule is CCCCC(CC)COc1c2c(c(OCC(CC)CCCC)c3sccc13)C=CC2C. The maximum Gasteiger partial charge on any atom is 0.144 e. The molecule has 31 heavy (non-hydrogen) atoms. The van der Waals surface area contributed by atoms with Crippen LogP contribution >= 0.6 is 11.3 Å². The predicted molar refractivity (Wildman–Crippen MR) is 137 cm³/mol. The van der Waals surface area contributed by atoms with Gasteiger partial charge in [-0.15, -0.1) is 11.3 Å². The number of ether oxygens (including phenoxy) is 2. The monoisotopic (exact) mass is 442 g/mol. The summed E-state index contributed by atoms with van der Waals surface area (Å²) in [7, 11) is 0. The highest BCUT2D eigenvalue weighted by Gasteiger charge is 2.28. The first kappa shape index (κ1) is 24.2. The minimum absolute atomic E-state index is 0.370. The van der Waals surface area contributed by atoms with Gasteiger partial charge in [-0.1, -0.05) is 85.3 Å². The number of thiophene rings is 1. The lowest BCUT2D eigenvalue weighted by atomic mass is 9.97. The normalized spacial score (nSPS) is 17.1. The number of rotatable bonds is 14. The molecule has 1 aliphatic carbocycles. The van der Waals surface area contributed by atoms with Crippen molar-refractivity contribution in [2.75, 3.05) is 13.2 Å². The minimum Gasteiger partial charge on any atom is -0.492 e. The van der Waals surface area contributed by atoms with Crippen LogP contribution < -0.4 is 9.47 Å². The van der Waals surface area contributed by atoms with E-state index in [2.05, 4.69) is 58.2 Å². The highest BCUT2D eigenvalue weighted by Crippen LogP contribution is 2.50. The molecule has 2 nitrogen and oxygen atoms in total. The maximum atomic E-state index is 6.61. The molecule has 1 heterocycles. The van der Waals surface area contributed by atoms with Crippen LogP contribution in [0.3, 0.4) is 0 Å². The lowest BCUT2D eigenvalue weighted by Gasteiger charge is -2.22. The van der Waals surface area contributed by atoms with E-state index in [1.807, 2.05) is 0 Å². The van der Waals surface area contributed by atoms with Gasteiger partial charge in [0.15, 0.2) is 0 Å². The summed E-state index contributed by atoms with van der Waals surface area (Å²) in [6, 6.07) is 2.23. The average molecular weight is 443 g/mol. The van der Waals surface area contributed by atoms with Gasteiger partial charge in [-0.3, -0.25) is 0 Å².